The van der Waals surface area contributed by atoms with Gasteiger partial charge in [0.2, 0.25) is 0 Å². The summed E-state index contributed by atoms with van der Waals surface area (Å²) in [6.45, 7) is 0. The van der Waals surface area contributed by atoms with E-state index < -0.39 is 0 Å². The maximum atomic E-state index is 5.13. The van der Waals surface area contributed by atoms with Gasteiger partial charge in [-0.2, -0.15) is 4.37 Å². The van der Waals surface area contributed by atoms with Gasteiger partial charge in [-0.05, 0) is 129 Å². The highest BCUT2D eigenvalue weighted by Crippen LogP contribution is 2.53. The van der Waals surface area contributed by atoms with E-state index in [0.717, 1.165) is 39.0 Å². The number of hydrogen-bond donors (Lipinski definition) is 0. The van der Waals surface area contributed by atoms with Gasteiger partial charge in [-0.1, -0.05) is 151 Å². The molecule has 0 bridgehead atoms. The Morgan fingerprint density at radius 1 is 0.387 bits per heavy atom. The van der Waals surface area contributed by atoms with E-state index in [1.807, 2.05) is 23.1 Å². The van der Waals surface area contributed by atoms with Crippen molar-refractivity contribution >= 4 is 71.9 Å². The Morgan fingerprint density at radius 3 is 1.52 bits per heavy atom. The van der Waals surface area contributed by atoms with Gasteiger partial charge < -0.3 is 4.90 Å². The molecule has 11 aromatic rings. The molecule has 292 valence electrons. The van der Waals surface area contributed by atoms with E-state index in [0.29, 0.717) is 0 Å². The Hall–Kier alpha value is -7.09. The predicted molar refractivity (Wildman–Crippen MR) is 264 cm³/mol. The summed E-state index contributed by atoms with van der Waals surface area (Å²) in [5.41, 5.74) is 15.1. The lowest BCUT2D eigenvalue weighted by molar-refractivity contribution is 1.17. The molecule has 0 radical (unpaired) electrons. The summed E-state index contributed by atoms with van der Waals surface area (Å²) in [5.74, 6) is 0.773. The molecule has 9 aromatic carbocycles. The quantitative estimate of drug-likeness (QED) is 0.160. The van der Waals surface area contributed by atoms with Gasteiger partial charge in [-0.3, -0.25) is 0 Å². The zero-order valence-corrected chi connectivity index (χ0v) is 35.7. The number of thiophene rings is 1. The minimum Gasteiger partial charge on any atom is -0.308 e. The van der Waals surface area contributed by atoms with Crippen molar-refractivity contribution < 1.29 is 0 Å². The van der Waals surface area contributed by atoms with Crippen LogP contribution in [0.3, 0.4) is 0 Å². The summed E-state index contributed by atoms with van der Waals surface area (Å²) in [6.07, 6.45) is 0. The van der Waals surface area contributed by atoms with E-state index in [-0.39, 0.29) is 0 Å². The smallest absolute Gasteiger partial charge is 0.174 e. The highest BCUT2D eigenvalue weighted by molar-refractivity contribution is 7.99. The first-order chi connectivity index (χ1) is 30.7. The van der Waals surface area contributed by atoms with Crippen LogP contribution in [0.5, 0.6) is 0 Å². The van der Waals surface area contributed by atoms with E-state index in [1.54, 1.807) is 0 Å². The number of anilines is 3. The molecule has 0 unspecified atom stereocenters. The average Bonchev–Trinajstić information content (AvgIpc) is 4.00. The lowest BCUT2D eigenvalue weighted by atomic mass is 9.97. The summed E-state index contributed by atoms with van der Waals surface area (Å²) in [4.78, 5) is 10.00. The maximum absolute atomic E-state index is 5.13. The van der Waals surface area contributed by atoms with Gasteiger partial charge in [-0.25, -0.2) is 4.98 Å². The number of nitrogens with zero attached hydrogens (tertiary/aromatic N) is 3. The average molecular weight is 846 g/mol. The van der Waals surface area contributed by atoms with Crippen molar-refractivity contribution in [1.29, 1.82) is 0 Å². The highest BCUT2D eigenvalue weighted by Gasteiger charge is 2.27. The predicted octanol–water partition coefficient (Wildman–Crippen LogP) is 16.8. The van der Waals surface area contributed by atoms with Crippen LogP contribution in [-0.4, -0.2) is 9.36 Å². The van der Waals surface area contributed by atoms with Crippen molar-refractivity contribution in [2.45, 2.75) is 9.79 Å². The molecule has 0 aliphatic carbocycles. The molecule has 0 amide bonds. The van der Waals surface area contributed by atoms with Crippen molar-refractivity contribution in [2.75, 3.05) is 4.90 Å². The van der Waals surface area contributed by atoms with Crippen molar-refractivity contribution in [3.8, 4) is 66.5 Å². The number of rotatable bonds is 7. The number of benzene rings is 9. The molecule has 62 heavy (non-hydrogen) atoms. The molecule has 3 nitrogen and oxygen atoms in total. The molecular formula is C56H35N3S3. The second-order valence-electron chi connectivity index (χ2n) is 15.4. The minimum absolute atomic E-state index is 0.773. The fourth-order valence-corrected chi connectivity index (χ4v) is 11.5. The third-order valence-corrected chi connectivity index (χ3v) is 14.8. The molecule has 3 heterocycles. The van der Waals surface area contributed by atoms with Crippen LogP contribution in [0.25, 0.3) is 86.6 Å². The molecule has 0 atom stereocenters. The largest absolute Gasteiger partial charge is 0.308 e. The van der Waals surface area contributed by atoms with Crippen LogP contribution in [0, 0.1) is 0 Å². The molecule has 0 saturated carbocycles. The van der Waals surface area contributed by atoms with Gasteiger partial charge in [0.15, 0.2) is 5.82 Å². The molecule has 12 rings (SSSR count). The SMILES string of the molecule is c1ccc(-c2cccc(-c3ccc4c(c3)N(c3ccc(-c5nc(-c6cccc7c6sc6ccccc67)ns5)cc3)c3cc(-c5cccc(-c6ccccc6)c5)ccc3S4)c2)cc1. The van der Waals surface area contributed by atoms with Gasteiger partial charge in [0.1, 0.15) is 5.01 Å². The number of fused-ring (bicyclic) bond motifs is 5. The number of aromatic nitrogens is 2. The maximum Gasteiger partial charge on any atom is 0.174 e. The van der Waals surface area contributed by atoms with Crippen LogP contribution in [0.4, 0.5) is 17.1 Å². The monoisotopic (exact) mass is 845 g/mol. The Balaban J connectivity index is 0.946. The first-order valence-corrected chi connectivity index (χ1v) is 23.0. The van der Waals surface area contributed by atoms with Crippen molar-refractivity contribution in [2.24, 2.45) is 0 Å². The van der Waals surface area contributed by atoms with E-state index in [2.05, 4.69) is 217 Å². The topological polar surface area (TPSA) is 29.0 Å². The van der Waals surface area contributed by atoms with E-state index in [9.17, 15) is 0 Å². The fourth-order valence-electron chi connectivity index (χ4n) is 8.59. The summed E-state index contributed by atoms with van der Waals surface area (Å²) >= 11 is 5.10. The first-order valence-electron chi connectivity index (χ1n) is 20.6. The molecular weight excluding hydrogens is 811 g/mol. The molecule has 6 heteroatoms. The molecule has 2 aromatic heterocycles. The van der Waals surface area contributed by atoms with Crippen LogP contribution >= 0.6 is 34.6 Å². The molecule has 1 aliphatic rings. The van der Waals surface area contributed by atoms with Crippen LogP contribution < -0.4 is 4.90 Å². The molecule has 0 saturated heterocycles. The van der Waals surface area contributed by atoms with Crippen LogP contribution in [-0.2, 0) is 0 Å². The van der Waals surface area contributed by atoms with Gasteiger partial charge in [0.05, 0.1) is 11.4 Å². The Morgan fingerprint density at radius 2 is 0.887 bits per heavy atom. The van der Waals surface area contributed by atoms with E-state index in [4.69, 9.17) is 9.36 Å². The highest BCUT2D eigenvalue weighted by atomic mass is 32.2. The third-order valence-electron chi connectivity index (χ3n) is 11.7. The minimum atomic E-state index is 0.773. The Labute approximate surface area is 372 Å². The van der Waals surface area contributed by atoms with Crippen molar-refractivity contribution in [3.63, 3.8) is 0 Å². The standard InChI is InChI=1S/C56H35N3S3/c1-3-12-36(13-4-1)39-16-9-18-41(32-39)43-26-30-52-49(34-43)59(50-35-44(27-31-53(50)60-52)42-19-10-17-40(33-42)37-14-5-2-6-15-37)45-28-24-38(25-29-45)56-57-55(58-62-56)48-22-11-21-47-46-20-7-8-23-51(46)61-54(47)48/h1-35H. The summed E-state index contributed by atoms with van der Waals surface area (Å²) in [7, 11) is 0. The number of hydrogen-bond acceptors (Lipinski definition) is 6. The van der Waals surface area contributed by atoms with Crippen LogP contribution in [0.1, 0.15) is 0 Å². The van der Waals surface area contributed by atoms with Gasteiger partial charge in [0.25, 0.3) is 0 Å². The third kappa shape index (κ3) is 6.61. The summed E-state index contributed by atoms with van der Waals surface area (Å²) < 4.78 is 7.41. The summed E-state index contributed by atoms with van der Waals surface area (Å²) in [5, 5.41) is 3.43. The van der Waals surface area contributed by atoms with Gasteiger partial charge in [0, 0.05) is 46.8 Å². The normalized spacial score (nSPS) is 12.1. The van der Waals surface area contributed by atoms with Crippen LogP contribution in [0.15, 0.2) is 222 Å². The van der Waals surface area contributed by atoms with Crippen LogP contribution in [0.2, 0.25) is 0 Å². The second kappa shape index (κ2) is 15.4. The fraction of sp³-hybridized carbons (Fsp3) is 0. The Kier molecular flexibility index (Phi) is 9.14. The molecule has 0 N–H and O–H groups in total. The van der Waals surface area contributed by atoms with Gasteiger partial charge in [-0.15, -0.1) is 11.3 Å². The Bertz CT molecular complexity index is 3310. The second-order valence-corrected chi connectivity index (χ2v) is 18.3. The zero-order chi connectivity index (χ0) is 41.0. The lowest BCUT2D eigenvalue weighted by Gasteiger charge is -2.34. The summed E-state index contributed by atoms with van der Waals surface area (Å²) in [6, 6.07) is 76.7. The van der Waals surface area contributed by atoms with E-state index >= 15 is 0 Å². The van der Waals surface area contributed by atoms with Gasteiger partial charge >= 0.3 is 0 Å². The molecule has 0 spiro atoms. The zero-order valence-electron chi connectivity index (χ0n) is 33.3. The van der Waals surface area contributed by atoms with E-state index in [1.165, 1.54) is 86.0 Å². The van der Waals surface area contributed by atoms with Crippen molar-refractivity contribution in [1.82, 2.24) is 9.36 Å². The lowest BCUT2D eigenvalue weighted by Crippen LogP contribution is -2.15. The first kappa shape index (κ1) is 36.7. The van der Waals surface area contributed by atoms with Crippen molar-refractivity contribution in [3.05, 3.63) is 212 Å². The molecule has 0 fully saturated rings. The molecule has 1 aliphatic heterocycles.